The lowest BCUT2D eigenvalue weighted by Crippen LogP contribution is -2.45. The fourth-order valence-electron chi connectivity index (χ4n) is 3.76. The molecule has 214 valence electrons. The van der Waals surface area contributed by atoms with Crippen LogP contribution < -0.4 is 14.2 Å². The smallest absolute Gasteiger partial charge is 0.494 e. The van der Waals surface area contributed by atoms with E-state index in [1.165, 1.54) is 20.3 Å². The lowest BCUT2D eigenvalue weighted by atomic mass is 10.2. The van der Waals surface area contributed by atoms with Gasteiger partial charge >= 0.3 is 20.7 Å². The maximum atomic E-state index is 12.7. The lowest BCUT2D eigenvalue weighted by molar-refractivity contribution is -0.134. The van der Waals surface area contributed by atoms with E-state index in [4.69, 9.17) is 27.5 Å². The molecule has 39 heavy (non-hydrogen) atoms. The highest BCUT2D eigenvalue weighted by Crippen LogP contribution is 2.29. The van der Waals surface area contributed by atoms with Gasteiger partial charge in [-0.15, -0.1) is 0 Å². The van der Waals surface area contributed by atoms with Gasteiger partial charge in [0.05, 0.1) is 26.4 Å². The molecule has 0 unspecified atom stereocenters. The summed E-state index contributed by atoms with van der Waals surface area (Å²) >= 11 is 0. The van der Waals surface area contributed by atoms with E-state index in [1.807, 2.05) is 20.8 Å². The molecule has 0 bridgehead atoms. The summed E-state index contributed by atoms with van der Waals surface area (Å²) in [5.41, 5.74) is 1.07. The van der Waals surface area contributed by atoms with Crippen molar-refractivity contribution in [3.63, 3.8) is 0 Å². The standard InChI is InChI=1S/C29H40O9Si/c1-6-35-39(36-7-2,37-8-3)21-11-9-10-20-34-25-16-14-24(15-17-25)29(31)38-26-18-12-23(22-27(26)32-4)13-19-28(30)33-5/h12-19,22H,6-11,20-21H2,1-5H3. The molecule has 0 N–H and O–H groups in total. The van der Waals surface area contributed by atoms with Crippen LogP contribution in [0.15, 0.2) is 48.5 Å². The maximum absolute atomic E-state index is 12.7. The Balaban J connectivity index is 1.83. The van der Waals surface area contributed by atoms with Crippen LogP contribution in [0.1, 0.15) is 56.0 Å². The maximum Gasteiger partial charge on any atom is 0.500 e. The number of esters is 2. The Kier molecular flexibility index (Phi) is 14.3. The third-order valence-corrected chi connectivity index (χ3v) is 8.73. The molecule has 0 spiro atoms. The Hall–Kier alpha value is -3.18. The van der Waals surface area contributed by atoms with Crippen molar-refractivity contribution in [3.8, 4) is 17.2 Å². The van der Waals surface area contributed by atoms with Gasteiger partial charge < -0.3 is 32.2 Å². The normalized spacial score (nSPS) is 11.4. The van der Waals surface area contributed by atoms with E-state index in [0.29, 0.717) is 49.1 Å². The van der Waals surface area contributed by atoms with Crippen molar-refractivity contribution < 1.29 is 41.8 Å². The topological polar surface area (TPSA) is 98.8 Å². The summed E-state index contributed by atoms with van der Waals surface area (Å²) in [7, 11) is 0.183. The van der Waals surface area contributed by atoms with E-state index in [0.717, 1.165) is 25.3 Å². The number of ether oxygens (including phenoxy) is 4. The van der Waals surface area contributed by atoms with Gasteiger partial charge in [0, 0.05) is 31.9 Å². The van der Waals surface area contributed by atoms with Gasteiger partial charge in [-0.3, -0.25) is 0 Å². The molecule has 2 aromatic carbocycles. The van der Waals surface area contributed by atoms with Gasteiger partial charge in [-0.05, 0) is 81.7 Å². The zero-order valence-corrected chi connectivity index (χ0v) is 24.5. The van der Waals surface area contributed by atoms with Crippen molar-refractivity contribution in [2.24, 2.45) is 0 Å². The van der Waals surface area contributed by atoms with Crippen molar-refractivity contribution >= 4 is 26.8 Å². The summed E-state index contributed by atoms with van der Waals surface area (Å²) in [5.74, 6) is 0.305. The van der Waals surface area contributed by atoms with Crippen LogP contribution in [0.4, 0.5) is 0 Å². The monoisotopic (exact) mass is 560 g/mol. The average molecular weight is 561 g/mol. The quantitative estimate of drug-likeness (QED) is 0.0747. The molecule has 0 atom stereocenters. The van der Waals surface area contributed by atoms with Crippen molar-refractivity contribution in [2.45, 2.75) is 46.1 Å². The highest BCUT2D eigenvalue weighted by Gasteiger charge is 2.39. The first-order valence-electron chi connectivity index (χ1n) is 13.2. The zero-order chi connectivity index (χ0) is 28.5. The number of carbonyl (C=O) groups excluding carboxylic acids is 2. The summed E-state index contributed by atoms with van der Waals surface area (Å²) in [6, 6.07) is 12.6. The highest BCUT2D eigenvalue weighted by molar-refractivity contribution is 6.60. The molecule has 9 nitrogen and oxygen atoms in total. The van der Waals surface area contributed by atoms with Crippen molar-refractivity contribution in [3.05, 3.63) is 59.7 Å². The number of unbranched alkanes of at least 4 members (excludes halogenated alkanes) is 2. The molecular weight excluding hydrogens is 520 g/mol. The number of hydrogen-bond acceptors (Lipinski definition) is 9. The summed E-state index contributed by atoms with van der Waals surface area (Å²) in [6.45, 7) is 8.17. The Bertz CT molecular complexity index is 1040. The summed E-state index contributed by atoms with van der Waals surface area (Å²) in [6.07, 6.45) is 5.65. The number of methoxy groups -OCH3 is 2. The molecule has 0 fully saturated rings. The lowest BCUT2D eigenvalue weighted by Gasteiger charge is -2.28. The van der Waals surface area contributed by atoms with Gasteiger partial charge in [0.1, 0.15) is 5.75 Å². The molecule has 0 heterocycles. The molecule has 0 saturated carbocycles. The molecular formula is C29H40O9Si. The van der Waals surface area contributed by atoms with E-state index >= 15 is 0 Å². The Morgan fingerprint density at radius 3 is 2.08 bits per heavy atom. The molecule has 0 aliphatic carbocycles. The average Bonchev–Trinajstić information content (AvgIpc) is 2.94. The predicted molar refractivity (Wildman–Crippen MR) is 150 cm³/mol. The number of benzene rings is 2. The van der Waals surface area contributed by atoms with E-state index in [2.05, 4.69) is 4.74 Å². The van der Waals surface area contributed by atoms with Gasteiger partial charge in [0.25, 0.3) is 0 Å². The van der Waals surface area contributed by atoms with Crippen molar-refractivity contribution in [1.82, 2.24) is 0 Å². The van der Waals surface area contributed by atoms with Crippen LogP contribution in [0, 0.1) is 0 Å². The van der Waals surface area contributed by atoms with Gasteiger partial charge in [-0.2, -0.15) is 0 Å². The van der Waals surface area contributed by atoms with Gasteiger partial charge in [0.15, 0.2) is 11.5 Å². The minimum absolute atomic E-state index is 0.267. The molecule has 2 rings (SSSR count). The molecule has 0 aliphatic heterocycles. The number of hydrogen-bond donors (Lipinski definition) is 0. The van der Waals surface area contributed by atoms with Gasteiger partial charge in [0.2, 0.25) is 0 Å². The number of carbonyl (C=O) groups is 2. The molecule has 0 aromatic heterocycles. The SMILES string of the molecule is CCO[Si](CCCCCOc1ccc(C(=O)Oc2ccc(C=CC(=O)OC)cc2OC)cc1)(OCC)OCC. The van der Waals surface area contributed by atoms with E-state index in [-0.39, 0.29) is 5.75 Å². The van der Waals surface area contributed by atoms with E-state index in [9.17, 15) is 9.59 Å². The Morgan fingerprint density at radius 2 is 1.49 bits per heavy atom. The molecule has 0 amide bonds. The first kappa shape index (κ1) is 32.0. The molecule has 0 aliphatic rings. The third-order valence-electron chi connectivity index (χ3n) is 5.58. The Labute approximate surface area is 232 Å². The third kappa shape index (κ3) is 10.8. The van der Waals surface area contributed by atoms with Crippen LogP contribution in [-0.4, -0.2) is 61.4 Å². The number of rotatable bonds is 18. The minimum atomic E-state index is -2.60. The highest BCUT2D eigenvalue weighted by atomic mass is 28.4. The van der Waals surface area contributed by atoms with Crippen LogP contribution in [0.25, 0.3) is 6.08 Å². The zero-order valence-electron chi connectivity index (χ0n) is 23.5. The summed E-state index contributed by atoms with van der Waals surface area (Å²) in [5, 5.41) is 0. The molecule has 2 aromatic rings. The largest absolute Gasteiger partial charge is 0.500 e. The van der Waals surface area contributed by atoms with E-state index < -0.39 is 20.7 Å². The van der Waals surface area contributed by atoms with Crippen molar-refractivity contribution in [2.75, 3.05) is 40.6 Å². The summed E-state index contributed by atoms with van der Waals surface area (Å²) in [4.78, 5) is 24.0. The second kappa shape index (κ2) is 17.4. The second-order valence-electron chi connectivity index (χ2n) is 8.32. The predicted octanol–water partition coefficient (Wildman–Crippen LogP) is 5.70. The molecule has 0 saturated heterocycles. The first-order valence-corrected chi connectivity index (χ1v) is 15.1. The first-order chi connectivity index (χ1) is 18.9. The van der Waals surface area contributed by atoms with Gasteiger partial charge in [-0.25, -0.2) is 9.59 Å². The molecule has 10 heteroatoms. The van der Waals surface area contributed by atoms with Crippen LogP contribution >= 0.6 is 0 Å². The second-order valence-corrected chi connectivity index (χ2v) is 11.1. The Morgan fingerprint density at radius 1 is 0.821 bits per heavy atom. The summed E-state index contributed by atoms with van der Waals surface area (Å²) < 4.78 is 39.0. The van der Waals surface area contributed by atoms with Crippen LogP contribution in [0.5, 0.6) is 17.2 Å². The fraction of sp³-hybridized carbons (Fsp3) is 0.448. The van der Waals surface area contributed by atoms with Crippen LogP contribution in [0.3, 0.4) is 0 Å². The van der Waals surface area contributed by atoms with E-state index in [1.54, 1.807) is 48.5 Å². The van der Waals surface area contributed by atoms with Crippen molar-refractivity contribution in [1.29, 1.82) is 0 Å². The minimum Gasteiger partial charge on any atom is -0.494 e. The fourth-order valence-corrected chi connectivity index (χ4v) is 6.45. The van der Waals surface area contributed by atoms with Crippen LogP contribution in [-0.2, 0) is 22.8 Å². The molecule has 0 radical (unpaired) electrons. The van der Waals surface area contributed by atoms with Gasteiger partial charge in [-0.1, -0.05) is 12.5 Å². The van der Waals surface area contributed by atoms with Crippen LogP contribution in [0.2, 0.25) is 6.04 Å².